The number of benzene rings is 1. The lowest BCUT2D eigenvalue weighted by atomic mass is 10.1. The molecule has 0 amide bonds. The first kappa shape index (κ1) is 17.7. The van der Waals surface area contributed by atoms with Crippen molar-refractivity contribution >= 4 is 21.6 Å². The highest BCUT2D eigenvalue weighted by Crippen LogP contribution is 2.27. The number of aryl methyl sites for hydroxylation is 2. The van der Waals surface area contributed by atoms with Crippen molar-refractivity contribution in [1.29, 1.82) is 0 Å². The molecule has 0 unspecified atom stereocenters. The molecule has 1 fully saturated rings. The summed E-state index contributed by atoms with van der Waals surface area (Å²) in [7, 11) is -3.73. The summed E-state index contributed by atoms with van der Waals surface area (Å²) in [6.07, 6.45) is 5.92. The van der Waals surface area contributed by atoms with Crippen molar-refractivity contribution < 1.29 is 8.42 Å². The van der Waals surface area contributed by atoms with Crippen molar-refractivity contribution in [1.82, 2.24) is 9.97 Å². The minimum absolute atomic E-state index is 0.00692. The molecule has 25 heavy (non-hydrogen) atoms. The Morgan fingerprint density at radius 2 is 1.72 bits per heavy atom. The van der Waals surface area contributed by atoms with Crippen molar-refractivity contribution in [2.24, 2.45) is 0 Å². The summed E-state index contributed by atoms with van der Waals surface area (Å²) >= 11 is 0. The van der Waals surface area contributed by atoms with E-state index in [2.05, 4.69) is 14.9 Å². The molecule has 3 rings (SSSR count). The molecule has 1 saturated heterocycles. The average Bonchev–Trinajstić information content (AvgIpc) is 2.86. The van der Waals surface area contributed by atoms with Crippen LogP contribution >= 0.6 is 0 Å². The highest BCUT2D eigenvalue weighted by Gasteiger charge is 2.24. The molecule has 1 aromatic heterocycles. The van der Waals surface area contributed by atoms with E-state index in [-0.39, 0.29) is 15.6 Å². The average molecular weight is 360 g/mol. The Balaban J connectivity index is 1.95. The molecule has 1 aliphatic rings. The number of anilines is 2. The van der Waals surface area contributed by atoms with Crippen LogP contribution in [0, 0.1) is 13.8 Å². The van der Waals surface area contributed by atoms with E-state index < -0.39 is 9.84 Å². The van der Waals surface area contributed by atoms with Crippen molar-refractivity contribution in [3.8, 4) is 0 Å². The van der Waals surface area contributed by atoms with Crippen LogP contribution < -0.4 is 10.6 Å². The highest BCUT2D eigenvalue weighted by atomic mass is 32.2. The first-order valence-corrected chi connectivity index (χ1v) is 10.1. The van der Waals surface area contributed by atoms with E-state index >= 15 is 0 Å². The van der Waals surface area contributed by atoms with E-state index in [4.69, 9.17) is 5.73 Å². The molecule has 6 nitrogen and oxygen atoms in total. The Morgan fingerprint density at radius 3 is 2.32 bits per heavy atom. The summed E-state index contributed by atoms with van der Waals surface area (Å²) in [6, 6.07) is 5.05. The van der Waals surface area contributed by atoms with Crippen LogP contribution in [0.3, 0.4) is 0 Å². The zero-order valence-electron chi connectivity index (χ0n) is 14.7. The monoisotopic (exact) mass is 360 g/mol. The topological polar surface area (TPSA) is 89.2 Å². The van der Waals surface area contributed by atoms with Crippen LogP contribution in [0.15, 0.2) is 34.2 Å². The second-order valence-electron chi connectivity index (χ2n) is 6.57. The van der Waals surface area contributed by atoms with Crippen LogP contribution in [0.5, 0.6) is 0 Å². The summed E-state index contributed by atoms with van der Waals surface area (Å²) in [5.41, 5.74) is 7.96. The molecule has 0 saturated carbocycles. The van der Waals surface area contributed by atoms with Crippen LogP contribution in [0.2, 0.25) is 0 Å². The number of hydrogen-bond donors (Lipinski definition) is 1. The van der Waals surface area contributed by atoms with Crippen LogP contribution in [0.4, 0.5) is 11.8 Å². The van der Waals surface area contributed by atoms with Crippen molar-refractivity contribution in [2.75, 3.05) is 23.7 Å². The molecule has 2 heterocycles. The Morgan fingerprint density at radius 1 is 1.04 bits per heavy atom. The Labute approximate surface area is 149 Å². The summed E-state index contributed by atoms with van der Waals surface area (Å²) in [6.45, 7) is 5.58. The normalized spacial score (nSPS) is 15.8. The van der Waals surface area contributed by atoms with Gasteiger partial charge in [0.15, 0.2) is 0 Å². The van der Waals surface area contributed by atoms with Gasteiger partial charge in [-0.3, -0.25) is 0 Å². The van der Waals surface area contributed by atoms with Crippen LogP contribution in [-0.2, 0) is 9.84 Å². The van der Waals surface area contributed by atoms with Gasteiger partial charge in [0.2, 0.25) is 15.8 Å². The fourth-order valence-corrected chi connectivity index (χ4v) is 4.36. The van der Waals surface area contributed by atoms with Gasteiger partial charge >= 0.3 is 0 Å². The Kier molecular flexibility index (Phi) is 4.94. The quantitative estimate of drug-likeness (QED) is 0.905. The Bertz CT molecular complexity index is 873. The zero-order valence-corrected chi connectivity index (χ0v) is 15.5. The molecule has 7 heteroatoms. The lowest BCUT2D eigenvalue weighted by molar-refractivity contribution is 0.595. The van der Waals surface area contributed by atoms with E-state index in [1.54, 1.807) is 18.2 Å². The van der Waals surface area contributed by atoms with Crippen LogP contribution in [-0.4, -0.2) is 31.5 Å². The predicted molar refractivity (Wildman–Crippen MR) is 98.5 cm³/mol. The largest absolute Gasteiger partial charge is 0.382 e. The number of nitrogens with zero attached hydrogens (tertiary/aromatic N) is 3. The zero-order chi connectivity index (χ0) is 18.0. The maximum Gasteiger partial charge on any atom is 0.227 e. The summed E-state index contributed by atoms with van der Waals surface area (Å²) in [5, 5.41) is 0. The molecule has 2 N–H and O–H groups in total. The van der Waals surface area contributed by atoms with E-state index in [1.165, 1.54) is 19.0 Å². The maximum atomic E-state index is 12.9. The second-order valence-corrected chi connectivity index (χ2v) is 8.49. The number of aromatic nitrogens is 2. The molecule has 0 spiro atoms. The fraction of sp³-hybridized carbons (Fsp3) is 0.444. The highest BCUT2D eigenvalue weighted by molar-refractivity contribution is 7.91. The molecule has 0 atom stereocenters. The van der Waals surface area contributed by atoms with Gasteiger partial charge in [0, 0.05) is 13.1 Å². The lowest BCUT2D eigenvalue weighted by Crippen LogP contribution is -2.26. The van der Waals surface area contributed by atoms with E-state index in [1.807, 2.05) is 13.8 Å². The van der Waals surface area contributed by atoms with Gasteiger partial charge in [0.1, 0.15) is 10.7 Å². The van der Waals surface area contributed by atoms with E-state index in [0.29, 0.717) is 5.95 Å². The van der Waals surface area contributed by atoms with Crippen molar-refractivity contribution in [3.05, 3.63) is 35.5 Å². The number of rotatable bonds is 3. The van der Waals surface area contributed by atoms with Gasteiger partial charge < -0.3 is 10.6 Å². The first-order chi connectivity index (χ1) is 11.9. The fourth-order valence-electron chi connectivity index (χ4n) is 3.01. The molecule has 1 aliphatic heterocycles. The van der Waals surface area contributed by atoms with Gasteiger partial charge in [-0.15, -0.1) is 0 Å². The number of hydrogen-bond acceptors (Lipinski definition) is 6. The molecular formula is C18H24N4O2S. The third-order valence-electron chi connectivity index (χ3n) is 4.74. The van der Waals surface area contributed by atoms with Gasteiger partial charge in [-0.25, -0.2) is 13.4 Å². The molecule has 0 bridgehead atoms. The van der Waals surface area contributed by atoms with Gasteiger partial charge in [-0.2, -0.15) is 4.98 Å². The predicted octanol–water partition coefficient (Wildman–Crippen LogP) is 2.89. The minimum atomic E-state index is -3.73. The van der Waals surface area contributed by atoms with Crippen LogP contribution in [0.1, 0.15) is 36.8 Å². The van der Waals surface area contributed by atoms with Gasteiger partial charge in [0.05, 0.1) is 11.1 Å². The standard InChI is InChI=1S/C18H24N4O2S/c1-13-7-8-15(11-14(13)2)25(23,24)16-12-20-18(21-17(16)19)22-9-5-3-4-6-10-22/h7-8,11-12H,3-6,9-10H2,1-2H3,(H2,19,20,21). The van der Waals surface area contributed by atoms with E-state index in [0.717, 1.165) is 37.1 Å². The maximum absolute atomic E-state index is 12.9. The number of nitrogens with two attached hydrogens (primary N) is 1. The lowest BCUT2D eigenvalue weighted by Gasteiger charge is -2.20. The number of nitrogen functional groups attached to an aromatic ring is 1. The minimum Gasteiger partial charge on any atom is -0.382 e. The molecule has 1 aromatic carbocycles. The first-order valence-electron chi connectivity index (χ1n) is 8.59. The van der Waals surface area contributed by atoms with E-state index in [9.17, 15) is 8.42 Å². The molecular weight excluding hydrogens is 336 g/mol. The van der Waals surface area contributed by atoms with Crippen molar-refractivity contribution in [2.45, 2.75) is 49.3 Å². The summed E-state index contributed by atoms with van der Waals surface area (Å²) in [4.78, 5) is 10.8. The van der Waals surface area contributed by atoms with Crippen molar-refractivity contribution in [3.63, 3.8) is 0 Å². The third kappa shape index (κ3) is 3.61. The van der Waals surface area contributed by atoms with Crippen LogP contribution in [0.25, 0.3) is 0 Å². The second kappa shape index (κ2) is 7.00. The van der Waals surface area contributed by atoms with Gasteiger partial charge in [0.25, 0.3) is 0 Å². The third-order valence-corrected chi connectivity index (χ3v) is 6.51. The summed E-state index contributed by atoms with van der Waals surface area (Å²) < 4.78 is 25.8. The Hall–Kier alpha value is -2.15. The molecule has 0 aliphatic carbocycles. The molecule has 134 valence electrons. The van der Waals surface area contributed by atoms with Gasteiger partial charge in [-0.05, 0) is 49.9 Å². The molecule has 2 aromatic rings. The number of sulfone groups is 1. The molecule has 0 radical (unpaired) electrons. The smallest absolute Gasteiger partial charge is 0.227 e. The van der Waals surface area contributed by atoms with Gasteiger partial charge in [-0.1, -0.05) is 18.9 Å². The summed E-state index contributed by atoms with van der Waals surface area (Å²) in [5.74, 6) is 0.519. The SMILES string of the molecule is Cc1ccc(S(=O)(=O)c2cnc(N3CCCCCC3)nc2N)cc1C.